The molecule has 0 aliphatic heterocycles. The zero-order valence-electron chi connectivity index (χ0n) is 9.91. The van der Waals surface area contributed by atoms with Crippen molar-refractivity contribution in [3.8, 4) is 0 Å². The smallest absolute Gasteiger partial charge is 0.0831 e. The molecule has 0 fully saturated rings. The van der Waals surface area contributed by atoms with Crippen LogP contribution in [0, 0.1) is 6.92 Å². The summed E-state index contributed by atoms with van der Waals surface area (Å²) in [6, 6.07) is 0.459. The van der Waals surface area contributed by atoms with Gasteiger partial charge in [0.25, 0.3) is 0 Å². The lowest BCUT2D eigenvalue weighted by atomic mass is 10.0. The van der Waals surface area contributed by atoms with Gasteiger partial charge in [0, 0.05) is 0 Å². The van der Waals surface area contributed by atoms with Crippen LogP contribution in [0.3, 0.4) is 0 Å². The molecule has 80 valence electrons. The van der Waals surface area contributed by atoms with Crippen molar-refractivity contribution in [2.45, 2.75) is 59.4 Å². The van der Waals surface area contributed by atoms with Crippen molar-refractivity contribution in [1.29, 1.82) is 0 Å². The average molecular weight is 195 g/mol. The molecule has 1 aromatic heterocycles. The predicted molar refractivity (Wildman–Crippen MR) is 58.5 cm³/mol. The van der Waals surface area contributed by atoms with E-state index >= 15 is 0 Å². The highest BCUT2D eigenvalue weighted by Gasteiger charge is 2.17. The van der Waals surface area contributed by atoms with Crippen LogP contribution in [0.1, 0.15) is 63.9 Å². The molecule has 0 aliphatic rings. The molecule has 0 aliphatic carbocycles. The minimum Gasteiger partial charge on any atom is -0.246 e. The zero-order valence-corrected chi connectivity index (χ0v) is 9.91. The van der Waals surface area contributed by atoms with Crippen LogP contribution in [0.5, 0.6) is 0 Å². The van der Waals surface area contributed by atoms with Crippen LogP contribution >= 0.6 is 0 Å². The molecule has 1 rings (SSSR count). The van der Waals surface area contributed by atoms with Gasteiger partial charge in [0.1, 0.15) is 0 Å². The lowest BCUT2D eigenvalue weighted by molar-refractivity contribution is 0.435. The van der Waals surface area contributed by atoms with Crippen LogP contribution in [0.15, 0.2) is 0 Å². The van der Waals surface area contributed by atoms with Gasteiger partial charge in [0.2, 0.25) is 0 Å². The molecule has 0 saturated carbocycles. The molecule has 2 atom stereocenters. The Balaban J connectivity index is 3.05. The van der Waals surface area contributed by atoms with Crippen molar-refractivity contribution in [2.75, 3.05) is 0 Å². The van der Waals surface area contributed by atoms with Crippen molar-refractivity contribution in [1.82, 2.24) is 15.0 Å². The molecule has 0 radical (unpaired) electrons. The van der Waals surface area contributed by atoms with Gasteiger partial charge in [-0.05, 0) is 32.6 Å². The number of nitrogens with zero attached hydrogens (tertiary/aromatic N) is 3. The molecule has 14 heavy (non-hydrogen) atoms. The van der Waals surface area contributed by atoms with Crippen molar-refractivity contribution in [3.63, 3.8) is 0 Å². The highest BCUT2D eigenvalue weighted by molar-refractivity contribution is 5.13. The van der Waals surface area contributed by atoms with Gasteiger partial charge in [0.05, 0.1) is 17.4 Å². The molecular formula is C11H21N3. The molecular weight excluding hydrogens is 174 g/mol. The molecule has 3 heteroatoms. The van der Waals surface area contributed by atoms with Gasteiger partial charge in [-0.3, -0.25) is 0 Å². The minimum atomic E-state index is 0.459. The monoisotopic (exact) mass is 195 g/mol. The van der Waals surface area contributed by atoms with E-state index in [0.29, 0.717) is 12.0 Å². The summed E-state index contributed by atoms with van der Waals surface area (Å²) >= 11 is 0. The van der Waals surface area contributed by atoms with Crippen LogP contribution in [0.25, 0.3) is 0 Å². The highest BCUT2D eigenvalue weighted by atomic mass is 15.4. The minimum absolute atomic E-state index is 0.459. The number of aromatic nitrogens is 3. The number of aryl methyl sites for hydroxylation is 1. The molecule has 0 bridgehead atoms. The van der Waals surface area contributed by atoms with Crippen LogP contribution in [0.2, 0.25) is 0 Å². The Bertz CT molecular complexity index is 291. The van der Waals surface area contributed by atoms with Gasteiger partial charge in [-0.15, -0.1) is 5.10 Å². The Hall–Kier alpha value is -0.860. The second kappa shape index (κ2) is 4.58. The summed E-state index contributed by atoms with van der Waals surface area (Å²) < 4.78 is 2.09. The van der Waals surface area contributed by atoms with Crippen molar-refractivity contribution in [3.05, 3.63) is 11.4 Å². The standard InChI is InChI=1S/C11H21N3/c1-6-8(3)11-10(5)12-13-14(11)9(4)7-2/h8-9H,6-7H2,1-5H3. The van der Waals surface area contributed by atoms with E-state index in [9.17, 15) is 0 Å². The summed E-state index contributed by atoms with van der Waals surface area (Å²) in [6.45, 7) is 10.9. The first kappa shape index (κ1) is 11.2. The van der Waals surface area contributed by atoms with Gasteiger partial charge >= 0.3 is 0 Å². The van der Waals surface area contributed by atoms with Gasteiger partial charge in [-0.1, -0.05) is 26.0 Å². The quantitative estimate of drug-likeness (QED) is 0.739. The first-order chi connectivity index (χ1) is 6.61. The van der Waals surface area contributed by atoms with E-state index in [1.54, 1.807) is 0 Å². The van der Waals surface area contributed by atoms with E-state index in [1.165, 1.54) is 5.69 Å². The third-order valence-electron chi connectivity index (χ3n) is 3.00. The van der Waals surface area contributed by atoms with Gasteiger partial charge in [0.15, 0.2) is 0 Å². The van der Waals surface area contributed by atoms with Crippen molar-refractivity contribution >= 4 is 0 Å². The normalized spacial score (nSPS) is 15.5. The maximum Gasteiger partial charge on any atom is 0.0831 e. The highest BCUT2D eigenvalue weighted by Crippen LogP contribution is 2.24. The molecule has 1 heterocycles. The van der Waals surface area contributed by atoms with Crippen molar-refractivity contribution < 1.29 is 0 Å². The molecule has 0 amide bonds. The van der Waals surface area contributed by atoms with E-state index in [2.05, 4.69) is 42.7 Å². The summed E-state index contributed by atoms with van der Waals surface area (Å²) in [6.07, 6.45) is 2.25. The summed E-state index contributed by atoms with van der Waals surface area (Å²) in [7, 11) is 0. The van der Waals surface area contributed by atoms with E-state index in [1.807, 2.05) is 6.92 Å². The third-order valence-corrected chi connectivity index (χ3v) is 3.00. The first-order valence-electron chi connectivity index (χ1n) is 5.53. The number of hydrogen-bond acceptors (Lipinski definition) is 2. The lowest BCUT2D eigenvalue weighted by Gasteiger charge is -2.16. The summed E-state index contributed by atoms with van der Waals surface area (Å²) in [5, 5.41) is 8.39. The average Bonchev–Trinajstić information content (AvgIpc) is 2.58. The Kier molecular flexibility index (Phi) is 3.67. The van der Waals surface area contributed by atoms with E-state index in [4.69, 9.17) is 0 Å². The molecule has 0 spiro atoms. The predicted octanol–water partition coefficient (Wildman–Crippen LogP) is 3.07. The summed E-state index contributed by atoms with van der Waals surface area (Å²) in [5.41, 5.74) is 2.39. The second-order valence-corrected chi connectivity index (χ2v) is 4.07. The molecule has 0 aromatic carbocycles. The molecule has 0 N–H and O–H groups in total. The Morgan fingerprint density at radius 3 is 2.36 bits per heavy atom. The van der Waals surface area contributed by atoms with Crippen LogP contribution in [0.4, 0.5) is 0 Å². The fourth-order valence-electron chi connectivity index (χ4n) is 1.65. The zero-order chi connectivity index (χ0) is 10.7. The molecule has 2 unspecified atom stereocenters. The maximum absolute atomic E-state index is 4.22. The molecule has 3 nitrogen and oxygen atoms in total. The maximum atomic E-state index is 4.22. The lowest BCUT2D eigenvalue weighted by Crippen LogP contribution is -2.12. The van der Waals surface area contributed by atoms with Gasteiger partial charge in [-0.25, -0.2) is 4.68 Å². The first-order valence-corrected chi connectivity index (χ1v) is 5.53. The molecule has 0 saturated heterocycles. The third kappa shape index (κ3) is 1.97. The SMILES string of the molecule is CCC(C)c1c(C)nnn1C(C)CC. The van der Waals surface area contributed by atoms with Gasteiger partial charge in [-0.2, -0.15) is 0 Å². The fourth-order valence-corrected chi connectivity index (χ4v) is 1.65. The number of rotatable bonds is 4. The number of hydrogen-bond donors (Lipinski definition) is 0. The van der Waals surface area contributed by atoms with E-state index in [0.717, 1.165) is 18.5 Å². The Labute approximate surface area is 86.5 Å². The fraction of sp³-hybridized carbons (Fsp3) is 0.818. The van der Waals surface area contributed by atoms with Crippen LogP contribution < -0.4 is 0 Å². The van der Waals surface area contributed by atoms with Gasteiger partial charge < -0.3 is 0 Å². The molecule has 1 aromatic rings. The largest absolute Gasteiger partial charge is 0.246 e. The van der Waals surface area contributed by atoms with Crippen molar-refractivity contribution in [2.24, 2.45) is 0 Å². The Morgan fingerprint density at radius 2 is 1.86 bits per heavy atom. The summed E-state index contributed by atoms with van der Waals surface area (Å²) in [4.78, 5) is 0. The van der Waals surface area contributed by atoms with Crippen LogP contribution in [-0.4, -0.2) is 15.0 Å². The van der Waals surface area contributed by atoms with Crippen LogP contribution in [-0.2, 0) is 0 Å². The van der Waals surface area contributed by atoms with E-state index < -0.39 is 0 Å². The Morgan fingerprint density at radius 1 is 1.21 bits per heavy atom. The topological polar surface area (TPSA) is 30.7 Å². The summed E-state index contributed by atoms with van der Waals surface area (Å²) in [5.74, 6) is 0.555. The second-order valence-electron chi connectivity index (χ2n) is 4.07. The van der Waals surface area contributed by atoms with E-state index in [-0.39, 0.29) is 0 Å².